The molecule has 0 aromatic carbocycles. The van der Waals surface area contributed by atoms with Gasteiger partial charge in [-0.1, -0.05) is 17.9 Å². The highest BCUT2D eigenvalue weighted by Crippen LogP contribution is 2.29. The summed E-state index contributed by atoms with van der Waals surface area (Å²) in [7, 11) is 0. The van der Waals surface area contributed by atoms with Gasteiger partial charge in [-0.25, -0.2) is 4.98 Å². The monoisotopic (exact) mass is 386 g/mol. The SMILES string of the molecule is Cc1nc(NCCCO)nc(N[C@H]2CC[C@@H](CO)C2)c1C#Cc1cccs1. The van der Waals surface area contributed by atoms with Crippen molar-refractivity contribution in [3.05, 3.63) is 33.6 Å². The fraction of sp³-hybridized carbons (Fsp3) is 0.500. The van der Waals surface area contributed by atoms with Gasteiger partial charge in [-0.15, -0.1) is 11.3 Å². The van der Waals surface area contributed by atoms with Crippen molar-refractivity contribution >= 4 is 23.1 Å². The highest BCUT2D eigenvalue weighted by Gasteiger charge is 2.25. The Morgan fingerprint density at radius 1 is 1.26 bits per heavy atom. The third kappa shape index (κ3) is 5.42. The number of anilines is 2. The Morgan fingerprint density at radius 2 is 2.15 bits per heavy atom. The summed E-state index contributed by atoms with van der Waals surface area (Å²) in [5.74, 6) is 8.06. The highest BCUT2D eigenvalue weighted by atomic mass is 32.1. The van der Waals surface area contributed by atoms with Crippen LogP contribution in [-0.4, -0.2) is 46.0 Å². The molecule has 144 valence electrons. The van der Waals surface area contributed by atoms with Crippen LogP contribution < -0.4 is 10.6 Å². The van der Waals surface area contributed by atoms with E-state index in [-0.39, 0.29) is 19.3 Å². The van der Waals surface area contributed by atoms with Crippen LogP contribution in [0.1, 0.15) is 41.8 Å². The number of nitrogens with one attached hydrogen (secondary N) is 2. The Bertz CT molecular complexity index is 798. The maximum Gasteiger partial charge on any atom is 0.224 e. The van der Waals surface area contributed by atoms with Gasteiger partial charge in [0.15, 0.2) is 0 Å². The van der Waals surface area contributed by atoms with Crippen molar-refractivity contribution in [2.75, 3.05) is 30.4 Å². The van der Waals surface area contributed by atoms with Crippen LogP contribution in [0.25, 0.3) is 0 Å². The molecule has 4 N–H and O–H groups in total. The maximum absolute atomic E-state index is 9.40. The van der Waals surface area contributed by atoms with Gasteiger partial charge in [-0.3, -0.25) is 0 Å². The fourth-order valence-electron chi connectivity index (χ4n) is 3.22. The van der Waals surface area contributed by atoms with E-state index in [1.54, 1.807) is 11.3 Å². The summed E-state index contributed by atoms with van der Waals surface area (Å²) in [5.41, 5.74) is 1.63. The molecule has 7 heteroatoms. The van der Waals surface area contributed by atoms with Gasteiger partial charge >= 0.3 is 0 Å². The molecule has 1 saturated carbocycles. The minimum atomic E-state index is 0.131. The van der Waals surface area contributed by atoms with E-state index in [1.165, 1.54) is 0 Å². The van der Waals surface area contributed by atoms with E-state index in [2.05, 4.69) is 32.4 Å². The molecular formula is C20H26N4O2S. The molecule has 0 bridgehead atoms. The molecule has 0 unspecified atom stereocenters. The number of rotatable bonds is 7. The molecule has 1 fully saturated rings. The zero-order valence-corrected chi connectivity index (χ0v) is 16.4. The van der Waals surface area contributed by atoms with E-state index in [9.17, 15) is 5.11 Å². The summed E-state index contributed by atoms with van der Waals surface area (Å²) in [5, 5.41) is 27.1. The summed E-state index contributed by atoms with van der Waals surface area (Å²) < 4.78 is 0. The summed E-state index contributed by atoms with van der Waals surface area (Å²) in [6, 6.07) is 4.26. The normalized spacial score (nSPS) is 18.8. The zero-order chi connectivity index (χ0) is 19.1. The zero-order valence-electron chi connectivity index (χ0n) is 15.5. The number of hydrogen-bond donors (Lipinski definition) is 4. The van der Waals surface area contributed by atoms with Gasteiger partial charge < -0.3 is 20.8 Å². The van der Waals surface area contributed by atoms with E-state index < -0.39 is 0 Å². The summed E-state index contributed by atoms with van der Waals surface area (Å²) >= 11 is 1.61. The van der Waals surface area contributed by atoms with Crippen LogP contribution in [0.4, 0.5) is 11.8 Å². The molecule has 1 aliphatic carbocycles. The molecule has 0 radical (unpaired) electrons. The van der Waals surface area contributed by atoms with Crippen LogP contribution in [0.5, 0.6) is 0 Å². The predicted octanol–water partition coefficient (Wildman–Crippen LogP) is 2.61. The lowest BCUT2D eigenvalue weighted by molar-refractivity contribution is 0.229. The van der Waals surface area contributed by atoms with Crippen LogP contribution in [0.2, 0.25) is 0 Å². The fourth-order valence-corrected chi connectivity index (χ4v) is 3.80. The van der Waals surface area contributed by atoms with Crippen LogP contribution in [0, 0.1) is 24.7 Å². The largest absolute Gasteiger partial charge is 0.396 e. The molecule has 0 aliphatic heterocycles. The van der Waals surface area contributed by atoms with Gasteiger partial charge in [0.05, 0.1) is 16.1 Å². The first-order valence-electron chi connectivity index (χ1n) is 9.36. The molecule has 0 spiro atoms. The summed E-state index contributed by atoms with van der Waals surface area (Å²) in [6.07, 6.45) is 3.62. The Hall–Kier alpha value is -2.14. The second kappa shape index (κ2) is 9.70. The van der Waals surface area contributed by atoms with Gasteiger partial charge in [-0.2, -0.15) is 4.98 Å². The first-order chi connectivity index (χ1) is 13.2. The lowest BCUT2D eigenvalue weighted by Crippen LogP contribution is -2.20. The molecule has 2 aromatic rings. The molecule has 1 aliphatic rings. The van der Waals surface area contributed by atoms with Gasteiger partial charge in [0, 0.05) is 25.8 Å². The van der Waals surface area contributed by atoms with Crippen molar-refractivity contribution in [2.24, 2.45) is 5.92 Å². The first kappa shape index (κ1) is 19.6. The van der Waals surface area contributed by atoms with Gasteiger partial charge in [0.1, 0.15) is 5.82 Å². The second-order valence-corrected chi connectivity index (χ2v) is 7.74. The number of aliphatic hydroxyl groups is 2. The molecule has 2 atom stereocenters. The van der Waals surface area contributed by atoms with E-state index in [0.717, 1.165) is 41.2 Å². The third-order valence-corrected chi connectivity index (χ3v) is 5.47. The molecule has 0 amide bonds. The van der Waals surface area contributed by atoms with Crippen LogP contribution in [-0.2, 0) is 0 Å². The average Bonchev–Trinajstić information content (AvgIpc) is 3.33. The van der Waals surface area contributed by atoms with Crippen LogP contribution in [0.15, 0.2) is 17.5 Å². The van der Waals surface area contributed by atoms with Gasteiger partial charge in [-0.05, 0) is 50.0 Å². The van der Waals surface area contributed by atoms with E-state index in [1.807, 2.05) is 24.4 Å². The lowest BCUT2D eigenvalue weighted by atomic mass is 10.1. The number of aryl methyl sites for hydroxylation is 1. The number of hydrogen-bond acceptors (Lipinski definition) is 7. The third-order valence-electron chi connectivity index (χ3n) is 4.68. The van der Waals surface area contributed by atoms with E-state index >= 15 is 0 Å². The number of nitrogens with zero attached hydrogens (tertiary/aromatic N) is 2. The van der Waals surface area contributed by atoms with Crippen LogP contribution >= 0.6 is 11.3 Å². The number of thiophene rings is 1. The van der Waals surface area contributed by atoms with Gasteiger partial charge in [0.25, 0.3) is 0 Å². The van der Waals surface area contributed by atoms with E-state index in [4.69, 9.17) is 5.11 Å². The molecule has 0 saturated heterocycles. The molecular weight excluding hydrogens is 360 g/mol. The molecule has 2 aromatic heterocycles. The highest BCUT2D eigenvalue weighted by molar-refractivity contribution is 7.10. The van der Waals surface area contributed by atoms with Crippen molar-refractivity contribution in [1.82, 2.24) is 9.97 Å². The van der Waals surface area contributed by atoms with Crippen LogP contribution in [0.3, 0.4) is 0 Å². The topological polar surface area (TPSA) is 90.3 Å². The van der Waals surface area contributed by atoms with Crippen molar-refractivity contribution < 1.29 is 10.2 Å². The Balaban J connectivity index is 1.85. The van der Waals surface area contributed by atoms with Crippen molar-refractivity contribution in [1.29, 1.82) is 0 Å². The standard InChI is InChI=1S/C20H26N4O2S/c1-14-18(8-7-17-4-2-11-27-17)19(23-16-6-5-15(12-16)13-26)24-20(22-14)21-9-3-10-25/h2,4,11,15-16,25-26H,3,5-6,9-10,12-13H2,1H3,(H2,21,22,23,24)/t15-,16+/m1/s1. The molecule has 6 nitrogen and oxygen atoms in total. The Labute approximate surface area is 164 Å². The number of aliphatic hydroxyl groups excluding tert-OH is 2. The van der Waals surface area contributed by atoms with Crippen molar-refractivity contribution in [3.8, 4) is 11.8 Å². The lowest BCUT2D eigenvalue weighted by Gasteiger charge is -2.17. The summed E-state index contributed by atoms with van der Waals surface area (Å²) in [4.78, 5) is 10.2. The predicted molar refractivity (Wildman–Crippen MR) is 109 cm³/mol. The van der Waals surface area contributed by atoms with E-state index in [0.29, 0.717) is 24.8 Å². The number of aromatic nitrogens is 2. The molecule has 3 rings (SSSR count). The Morgan fingerprint density at radius 3 is 2.85 bits per heavy atom. The Kier molecular flexibility index (Phi) is 7.04. The van der Waals surface area contributed by atoms with Crippen molar-refractivity contribution in [2.45, 2.75) is 38.6 Å². The molecule has 2 heterocycles. The minimum Gasteiger partial charge on any atom is -0.396 e. The molecule has 27 heavy (non-hydrogen) atoms. The maximum atomic E-state index is 9.40. The first-order valence-corrected chi connectivity index (χ1v) is 10.2. The average molecular weight is 387 g/mol. The minimum absolute atomic E-state index is 0.131. The quantitative estimate of drug-likeness (QED) is 0.432. The van der Waals surface area contributed by atoms with Gasteiger partial charge in [0.2, 0.25) is 5.95 Å². The van der Waals surface area contributed by atoms with Crippen molar-refractivity contribution in [3.63, 3.8) is 0 Å². The second-order valence-electron chi connectivity index (χ2n) is 6.79. The smallest absolute Gasteiger partial charge is 0.224 e. The summed E-state index contributed by atoms with van der Waals surface area (Å²) in [6.45, 7) is 2.92.